The molecule has 1 aliphatic carbocycles. The lowest BCUT2D eigenvalue weighted by atomic mass is 9.78. The van der Waals surface area contributed by atoms with E-state index in [-0.39, 0.29) is 11.5 Å². The minimum absolute atomic E-state index is 0.307. The van der Waals surface area contributed by atoms with Crippen LogP contribution >= 0.6 is 11.6 Å². The van der Waals surface area contributed by atoms with Gasteiger partial charge in [-0.3, -0.25) is 9.69 Å². The largest absolute Gasteiger partial charge is 0.447 e. The van der Waals surface area contributed by atoms with Crippen molar-refractivity contribution in [2.45, 2.75) is 57.4 Å². The van der Waals surface area contributed by atoms with Crippen LogP contribution in [0.2, 0.25) is 5.02 Å². The first-order valence-corrected chi connectivity index (χ1v) is 11.6. The summed E-state index contributed by atoms with van der Waals surface area (Å²) in [4.78, 5) is 35.8. The first-order valence-electron chi connectivity index (χ1n) is 11.2. The summed E-state index contributed by atoms with van der Waals surface area (Å²) in [6.07, 6.45) is 10.2. The van der Waals surface area contributed by atoms with Crippen LogP contribution in [-0.4, -0.2) is 60.7 Å². The van der Waals surface area contributed by atoms with E-state index < -0.39 is 0 Å². The number of likely N-dealkylation sites (tertiary alicyclic amines) is 1. The highest BCUT2D eigenvalue weighted by molar-refractivity contribution is 6.33. The molecule has 3 saturated heterocycles. The zero-order valence-corrected chi connectivity index (χ0v) is 18.1. The quantitative estimate of drug-likeness (QED) is 0.725. The van der Waals surface area contributed by atoms with Crippen molar-refractivity contribution < 1.29 is 14.3 Å². The molecule has 30 heavy (non-hydrogen) atoms. The van der Waals surface area contributed by atoms with E-state index in [1.165, 1.54) is 19.3 Å². The van der Waals surface area contributed by atoms with Gasteiger partial charge in [-0.15, -0.1) is 0 Å². The van der Waals surface area contributed by atoms with Gasteiger partial charge >= 0.3 is 6.09 Å². The fourth-order valence-corrected chi connectivity index (χ4v) is 5.99. The predicted octanol–water partition coefficient (Wildman–Crippen LogP) is 3.84. The number of anilines is 2. The summed E-state index contributed by atoms with van der Waals surface area (Å²) >= 11 is 6.59. The van der Waals surface area contributed by atoms with E-state index in [0.717, 1.165) is 45.2 Å². The summed E-state index contributed by atoms with van der Waals surface area (Å²) in [6, 6.07) is 2.21. The number of rotatable bonds is 3. The Hall–Kier alpha value is -2.02. The summed E-state index contributed by atoms with van der Waals surface area (Å²) in [5, 5.41) is 0.513. The number of carbonyl (C=O) groups is 2. The summed E-state index contributed by atoms with van der Waals surface area (Å²) in [5.74, 6) is 1.04. The van der Waals surface area contributed by atoms with Gasteiger partial charge in [-0.1, -0.05) is 30.9 Å². The number of aromatic nitrogens is 1. The molecule has 0 bridgehead atoms. The van der Waals surface area contributed by atoms with Gasteiger partial charge in [0.15, 0.2) is 0 Å². The Balaban J connectivity index is 1.33. The number of hydrogen-bond donors (Lipinski definition) is 0. The lowest BCUT2D eigenvalue weighted by Gasteiger charge is -2.41. The molecule has 0 radical (unpaired) electrons. The highest BCUT2D eigenvalue weighted by Crippen LogP contribution is 2.44. The van der Waals surface area contributed by atoms with Gasteiger partial charge in [0.05, 0.1) is 28.9 Å². The van der Waals surface area contributed by atoms with Crippen molar-refractivity contribution in [1.82, 2.24) is 9.88 Å². The zero-order chi connectivity index (χ0) is 20.7. The van der Waals surface area contributed by atoms with Gasteiger partial charge in [-0.2, -0.15) is 0 Å². The molecule has 0 aromatic carbocycles. The van der Waals surface area contributed by atoms with Crippen LogP contribution in [0.15, 0.2) is 12.3 Å². The van der Waals surface area contributed by atoms with Crippen LogP contribution in [0, 0.1) is 5.41 Å². The Labute approximate surface area is 182 Å². The molecule has 7 nitrogen and oxygen atoms in total. The van der Waals surface area contributed by atoms with E-state index in [9.17, 15) is 9.59 Å². The highest BCUT2D eigenvalue weighted by Gasteiger charge is 2.50. The lowest BCUT2D eigenvalue weighted by Crippen LogP contribution is -2.50. The second-order valence-corrected chi connectivity index (χ2v) is 9.52. The molecule has 5 rings (SSSR count). The SMILES string of the molecule is O=C1OCCN1c1cnc(N2CCC[C@@]3(CCN(C4CCCCC4)C3=O)C2)c(Cl)c1. The van der Waals surface area contributed by atoms with Gasteiger partial charge in [0.1, 0.15) is 12.4 Å². The average molecular weight is 433 g/mol. The molecule has 4 aliphatic rings. The van der Waals surface area contributed by atoms with E-state index in [1.807, 2.05) is 0 Å². The molecule has 1 spiro atoms. The molecule has 1 aromatic heterocycles. The van der Waals surface area contributed by atoms with Crippen molar-refractivity contribution in [2.75, 3.05) is 42.6 Å². The number of hydrogen-bond acceptors (Lipinski definition) is 5. The van der Waals surface area contributed by atoms with Crippen LogP contribution in [-0.2, 0) is 9.53 Å². The normalized spacial score (nSPS) is 28.0. The lowest BCUT2D eigenvalue weighted by molar-refractivity contribution is -0.138. The Morgan fingerprint density at radius 2 is 1.90 bits per heavy atom. The maximum atomic E-state index is 13.5. The van der Waals surface area contributed by atoms with Gasteiger partial charge in [0.25, 0.3) is 0 Å². The molecule has 0 unspecified atom stereocenters. The number of piperidine rings is 1. The van der Waals surface area contributed by atoms with Gasteiger partial charge in [0.2, 0.25) is 5.91 Å². The first-order chi connectivity index (χ1) is 14.6. The van der Waals surface area contributed by atoms with Crippen LogP contribution in [0.4, 0.5) is 16.3 Å². The van der Waals surface area contributed by atoms with Crippen molar-refractivity contribution in [3.63, 3.8) is 0 Å². The van der Waals surface area contributed by atoms with Gasteiger partial charge < -0.3 is 14.5 Å². The zero-order valence-electron chi connectivity index (χ0n) is 17.3. The van der Waals surface area contributed by atoms with E-state index in [1.54, 1.807) is 17.2 Å². The molecule has 0 N–H and O–H groups in total. The van der Waals surface area contributed by atoms with E-state index in [4.69, 9.17) is 16.3 Å². The third kappa shape index (κ3) is 3.41. The number of cyclic esters (lactones) is 1. The summed E-state index contributed by atoms with van der Waals surface area (Å²) in [6.45, 7) is 3.29. The molecule has 162 valence electrons. The van der Waals surface area contributed by atoms with Gasteiger partial charge in [-0.25, -0.2) is 9.78 Å². The van der Waals surface area contributed by atoms with Gasteiger partial charge in [0, 0.05) is 25.7 Å². The summed E-state index contributed by atoms with van der Waals surface area (Å²) in [5.41, 5.74) is 0.344. The summed E-state index contributed by atoms with van der Waals surface area (Å²) < 4.78 is 5.01. The van der Waals surface area contributed by atoms with Crippen LogP contribution in [0.5, 0.6) is 0 Å². The first kappa shape index (κ1) is 19.9. The topological polar surface area (TPSA) is 66.0 Å². The number of ether oxygens (including phenoxy) is 1. The Morgan fingerprint density at radius 1 is 1.07 bits per heavy atom. The maximum absolute atomic E-state index is 13.5. The third-order valence-electron chi connectivity index (χ3n) is 7.32. The maximum Gasteiger partial charge on any atom is 0.414 e. The fraction of sp³-hybridized carbons (Fsp3) is 0.682. The van der Waals surface area contributed by atoms with Crippen molar-refractivity contribution in [1.29, 1.82) is 0 Å². The second-order valence-electron chi connectivity index (χ2n) is 9.11. The molecular weight excluding hydrogens is 404 g/mol. The second kappa shape index (κ2) is 7.91. The minimum atomic E-state index is -0.364. The fourth-order valence-electron chi connectivity index (χ4n) is 5.71. The van der Waals surface area contributed by atoms with Crippen molar-refractivity contribution in [3.8, 4) is 0 Å². The summed E-state index contributed by atoms with van der Waals surface area (Å²) in [7, 11) is 0. The standard InChI is InChI=1S/C22H29ClN4O3/c23-18-13-17(27-11-12-30-21(27)29)14-24-19(18)25-9-4-7-22(15-25)8-10-26(20(22)28)16-5-2-1-3-6-16/h13-14,16H,1-12,15H2/t22-/m1/s1. The van der Waals surface area contributed by atoms with E-state index >= 15 is 0 Å². The monoisotopic (exact) mass is 432 g/mol. The highest BCUT2D eigenvalue weighted by atomic mass is 35.5. The molecule has 4 fully saturated rings. The Morgan fingerprint density at radius 3 is 2.63 bits per heavy atom. The average Bonchev–Trinajstić information content (AvgIpc) is 3.32. The van der Waals surface area contributed by atoms with Crippen LogP contribution < -0.4 is 9.80 Å². The number of pyridine rings is 1. The number of halogens is 1. The molecule has 8 heteroatoms. The van der Waals surface area contributed by atoms with E-state index in [0.29, 0.717) is 48.2 Å². The smallest absolute Gasteiger partial charge is 0.414 e. The molecule has 4 heterocycles. The van der Waals surface area contributed by atoms with Crippen LogP contribution in [0.1, 0.15) is 51.4 Å². The van der Waals surface area contributed by atoms with Crippen LogP contribution in [0.25, 0.3) is 0 Å². The molecule has 2 amide bonds. The molecular formula is C22H29ClN4O3. The van der Waals surface area contributed by atoms with Crippen LogP contribution in [0.3, 0.4) is 0 Å². The number of amides is 2. The third-order valence-corrected chi connectivity index (χ3v) is 7.60. The van der Waals surface area contributed by atoms with Crippen molar-refractivity contribution in [3.05, 3.63) is 17.3 Å². The van der Waals surface area contributed by atoms with Crippen molar-refractivity contribution >= 4 is 35.1 Å². The van der Waals surface area contributed by atoms with Gasteiger partial charge in [-0.05, 0) is 38.2 Å². The molecule has 1 aromatic rings. The van der Waals surface area contributed by atoms with Crippen molar-refractivity contribution in [2.24, 2.45) is 5.41 Å². The van der Waals surface area contributed by atoms with E-state index in [2.05, 4.69) is 14.8 Å². The molecule has 3 aliphatic heterocycles. The molecule has 1 saturated carbocycles. The predicted molar refractivity (Wildman–Crippen MR) is 115 cm³/mol. The Bertz CT molecular complexity index is 844. The molecule has 1 atom stereocenters. The Kier molecular flexibility index (Phi) is 5.25. The number of nitrogens with zero attached hydrogens (tertiary/aromatic N) is 4. The minimum Gasteiger partial charge on any atom is -0.447 e. The number of carbonyl (C=O) groups excluding carboxylic acids is 2.